The number of piperidine rings is 1. The molecule has 3 heterocycles. The first kappa shape index (κ1) is 38.6. The highest BCUT2D eigenvalue weighted by Crippen LogP contribution is 2.38. The number of para-hydroxylation sites is 1. The summed E-state index contributed by atoms with van der Waals surface area (Å²) < 4.78 is 41.8. The van der Waals surface area contributed by atoms with Gasteiger partial charge in [0.15, 0.2) is 0 Å². The van der Waals surface area contributed by atoms with Crippen molar-refractivity contribution in [2.45, 2.75) is 50.7 Å². The Morgan fingerprint density at radius 2 is 1.55 bits per heavy atom. The molecule has 4 aromatic carbocycles. The Morgan fingerprint density at radius 3 is 2.15 bits per heavy atom. The fourth-order valence-corrected chi connectivity index (χ4v) is 13.8. The van der Waals surface area contributed by atoms with E-state index in [0.29, 0.717) is 30.0 Å². The summed E-state index contributed by atoms with van der Waals surface area (Å²) in [4.78, 5) is 23.4. The number of allylic oxidation sites excluding steroid dienone is 2. The first-order valence-corrected chi connectivity index (χ1v) is 22.6. The van der Waals surface area contributed by atoms with E-state index in [4.69, 9.17) is 20.8 Å². The van der Waals surface area contributed by atoms with Crippen LogP contribution < -0.4 is 20.4 Å². The lowest BCUT2D eigenvalue weighted by Gasteiger charge is -2.45. The number of benzene rings is 4. The number of fused-ring (bicyclic) bond motifs is 1. The van der Waals surface area contributed by atoms with Crippen molar-refractivity contribution in [2.24, 2.45) is 9.98 Å². The standard InChI is InChI=1S/C43H45ClN4O5SSi/c1-43(2,3)55(34-16-10-6-11-17-34,35-18-12-7-13-19-35)52-29-31-21-20-30(28-48(31)54(4,50)51)47-40-37-24-25-45-39(37)27-46-41(40)42(49)36-23-22-33(26-38(36)44)53-32-14-8-5-9-15-32/h5-19,22-26,30-31,47H,20-21,27-29H2,1-4H3. The first-order valence-electron chi connectivity index (χ1n) is 18.4. The van der Waals surface area contributed by atoms with Crippen LogP contribution in [-0.4, -0.2) is 76.3 Å². The molecule has 2 unspecified atom stereocenters. The minimum Gasteiger partial charge on any atom is -0.457 e. The second kappa shape index (κ2) is 15.8. The Kier molecular flexibility index (Phi) is 11.1. The van der Waals surface area contributed by atoms with Gasteiger partial charge in [-0.3, -0.25) is 14.8 Å². The summed E-state index contributed by atoms with van der Waals surface area (Å²) in [5, 5.41) is 5.80. The van der Waals surface area contributed by atoms with E-state index in [0.717, 1.165) is 21.7 Å². The number of aliphatic imine (C=N–C) groups is 2. The molecule has 0 bridgehead atoms. The molecule has 4 aromatic rings. The van der Waals surface area contributed by atoms with Gasteiger partial charge >= 0.3 is 0 Å². The van der Waals surface area contributed by atoms with Crippen LogP contribution in [0.4, 0.5) is 0 Å². The SMILES string of the molecule is CC(C)(C)[Si](OCC1CCC(NC2=C3C=CN=C3CN=C2C(=O)c2ccc(Oc3ccccc3)cc2Cl)CN1S(C)(=O)=O)(c1ccccc1)c1ccccc1. The van der Waals surface area contributed by atoms with E-state index in [1.54, 1.807) is 28.7 Å². The number of ketones is 1. The maximum absolute atomic E-state index is 14.2. The van der Waals surface area contributed by atoms with E-state index in [9.17, 15) is 13.2 Å². The van der Waals surface area contributed by atoms with Gasteiger partial charge in [-0.15, -0.1) is 0 Å². The van der Waals surface area contributed by atoms with Crippen LogP contribution in [0.2, 0.25) is 10.1 Å². The van der Waals surface area contributed by atoms with Gasteiger partial charge in [0.2, 0.25) is 15.8 Å². The molecule has 284 valence electrons. The molecular weight excluding hydrogens is 748 g/mol. The number of nitrogens with one attached hydrogen (secondary N) is 1. The average molecular weight is 793 g/mol. The number of hydrogen-bond acceptors (Lipinski definition) is 8. The van der Waals surface area contributed by atoms with Crippen molar-refractivity contribution >= 4 is 57.5 Å². The third kappa shape index (κ3) is 8.03. The summed E-state index contributed by atoms with van der Waals surface area (Å²) in [5.41, 5.74) is 2.53. The van der Waals surface area contributed by atoms with Crippen LogP contribution in [0, 0.1) is 0 Å². The number of hydrogen-bond donors (Lipinski definition) is 1. The maximum atomic E-state index is 14.2. The largest absolute Gasteiger partial charge is 0.457 e. The molecule has 2 atom stereocenters. The lowest BCUT2D eigenvalue weighted by Crippen LogP contribution is -2.67. The second-order valence-electron chi connectivity index (χ2n) is 15.1. The molecule has 0 spiro atoms. The molecule has 3 aliphatic heterocycles. The molecule has 55 heavy (non-hydrogen) atoms. The van der Waals surface area contributed by atoms with Gasteiger partial charge in [-0.1, -0.05) is 111 Å². The van der Waals surface area contributed by atoms with Gasteiger partial charge in [-0.05, 0) is 58.6 Å². The molecule has 9 nitrogen and oxygen atoms in total. The molecule has 1 saturated heterocycles. The minimum absolute atomic E-state index is 0.189. The summed E-state index contributed by atoms with van der Waals surface area (Å²) in [6.07, 6.45) is 6.00. The summed E-state index contributed by atoms with van der Waals surface area (Å²) in [7, 11) is -6.56. The van der Waals surface area contributed by atoms with Crippen LogP contribution in [0.5, 0.6) is 11.5 Å². The zero-order chi connectivity index (χ0) is 38.8. The molecule has 3 aliphatic rings. The molecular formula is C43H45ClN4O5SSi. The monoisotopic (exact) mass is 792 g/mol. The van der Waals surface area contributed by atoms with Gasteiger partial charge in [0.25, 0.3) is 8.32 Å². The Labute approximate surface area is 329 Å². The van der Waals surface area contributed by atoms with Gasteiger partial charge < -0.3 is 14.5 Å². The van der Waals surface area contributed by atoms with Gasteiger partial charge in [-0.25, -0.2) is 8.42 Å². The van der Waals surface area contributed by atoms with E-state index in [1.807, 2.05) is 72.8 Å². The van der Waals surface area contributed by atoms with Crippen molar-refractivity contribution in [3.05, 3.63) is 143 Å². The van der Waals surface area contributed by atoms with Crippen molar-refractivity contribution in [1.29, 1.82) is 0 Å². The lowest BCUT2D eigenvalue weighted by molar-refractivity contribution is 0.106. The van der Waals surface area contributed by atoms with Crippen molar-refractivity contribution in [3.63, 3.8) is 0 Å². The van der Waals surface area contributed by atoms with Gasteiger partial charge in [0, 0.05) is 42.0 Å². The van der Waals surface area contributed by atoms with Crippen molar-refractivity contribution in [1.82, 2.24) is 9.62 Å². The second-order valence-corrected chi connectivity index (χ2v) is 21.8. The Bertz CT molecular complexity index is 2250. The molecule has 1 N–H and O–H groups in total. The molecule has 0 aliphatic carbocycles. The number of sulfonamides is 1. The maximum Gasteiger partial charge on any atom is 0.261 e. The zero-order valence-corrected chi connectivity index (χ0v) is 34.0. The fraction of sp³-hybridized carbons (Fsp3) is 0.279. The van der Waals surface area contributed by atoms with Gasteiger partial charge in [-0.2, -0.15) is 4.31 Å². The number of dihydropyridines is 1. The number of ether oxygens (including phenoxy) is 1. The molecule has 0 amide bonds. The Morgan fingerprint density at radius 1 is 0.909 bits per heavy atom. The number of halogens is 1. The Balaban J connectivity index is 1.13. The predicted molar refractivity (Wildman–Crippen MR) is 223 cm³/mol. The van der Waals surface area contributed by atoms with Gasteiger partial charge in [0.05, 0.1) is 35.8 Å². The number of Topliss-reactive ketones (excluding diaryl/α,β-unsaturated/α-hetero) is 1. The minimum atomic E-state index is -3.66. The van der Waals surface area contributed by atoms with Gasteiger partial charge in [0.1, 0.15) is 17.2 Å². The van der Waals surface area contributed by atoms with Crippen molar-refractivity contribution in [3.8, 4) is 11.5 Å². The molecule has 0 aromatic heterocycles. The third-order valence-electron chi connectivity index (χ3n) is 10.4. The summed E-state index contributed by atoms with van der Waals surface area (Å²) in [6.45, 7) is 7.31. The van der Waals surface area contributed by atoms with E-state index < -0.39 is 18.3 Å². The number of nitrogens with zero attached hydrogens (tertiary/aromatic N) is 3. The summed E-state index contributed by atoms with van der Waals surface area (Å²) in [5.74, 6) is 0.801. The topological polar surface area (TPSA) is 110 Å². The highest BCUT2D eigenvalue weighted by molar-refractivity contribution is 7.88. The van der Waals surface area contributed by atoms with Crippen LogP contribution in [0.25, 0.3) is 0 Å². The summed E-state index contributed by atoms with van der Waals surface area (Å²) in [6, 6.07) is 34.3. The predicted octanol–water partition coefficient (Wildman–Crippen LogP) is 6.95. The quantitative estimate of drug-likeness (QED) is 0.123. The molecule has 0 radical (unpaired) electrons. The van der Waals surface area contributed by atoms with Crippen LogP contribution in [0.1, 0.15) is 44.0 Å². The molecule has 12 heteroatoms. The average Bonchev–Trinajstić information content (AvgIpc) is 3.66. The third-order valence-corrected chi connectivity index (χ3v) is 17.0. The summed E-state index contributed by atoms with van der Waals surface area (Å²) >= 11 is 6.70. The van der Waals surface area contributed by atoms with Crippen LogP contribution in [-0.2, 0) is 14.4 Å². The number of rotatable bonds is 12. The molecule has 0 saturated carbocycles. The lowest BCUT2D eigenvalue weighted by atomic mass is 9.94. The molecule has 1 fully saturated rings. The van der Waals surface area contributed by atoms with E-state index in [1.165, 1.54) is 6.26 Å². The number of carbonyl (C=O) groups is 1. The van der Waals surface area contributed by atoms with Crippen LogP contribution in [0.15, 0.2) is 143 Å². The Hall–Kier alpha value is -4.65. The fourth-order valence-electron chi connectivity index (χ4n) is 7.78. The number of carbonyl (C=O) groups excluding carboxylic acids is 1. The van der Waals surface area contributed by atoms with E-state index in [-0.39, 0.29) is 58.9 Å². The highest BCUT2D eigenvalue weighted by atomic mass is 35.5. The zero-order valence-electron chi connectivity index (χ0n) is 31.4. The van der Waals surface area contributed by atoms with Crippen molar-refractivity contribution in [2.75, 3.05) is 26.0 Å². The normalized spacial score (nSPS) is 19.1. The van der Waals surface area contributed by atoms with E-state index in [2.05, 4.69) is 60.3 Å². The van der Waals surface area contributed by atoms with E-state index >= 15 is 0 Å². The first-order chi connectivity index (χ1) is 26.3. The highest BCUT2D eigenvalue weighted by Gasteiger charge is 2.51. The smallest absolute Gasteiger partial charge is 0.261 e. The molecule has 7 rings (SSSR count). The van der Waals surface area contributed by atoms with Crippen molar-refractivity contribution < 1.29 is 22.4 Å². The van der Waals surface area contributed by atoms with Crippen LogP contribution >= 0.6 is 11.6 Å². The van der Waals surface area contributed by atoms with Crippen LogP contribution in [0.3, 0.4) is 0 Å².